The Labute approximate surface area is 68.8 Å². The molecule has 0 saturated heterocycles. The summed E-state index contributed by atoms with van der Waals surface area (Å²) < 4.78 is 0. The third-order valence-corrected chi connectivity index (χ3v) is 2.16. The van der Waals surface area contributed by atoms with E-state index in [0.717, 1.165) is 19.3 Å². The van der Waals surface area contributed by atoms with Gasteiger partial charge in [-0.2, -0.15) is 5.26 Å². The van der Waals surface area contributed by atoms with E-state index in [2.05, 4.69) is 13.0 Å². The van der Waals surface area contributed by atoms with E-state index in [0.29, 0.717) is 0 Å². The first-order chi connectivity index (χ1) is 5.04. The number of unbranched alkanes of at least 4 members (excludes halogenated alkanes) is 1. The van der Waals surface area contributed by atoms with Crippen molar-refractivity contribution < 1.29 is 5.11 Å². The zero-order valence-corrected chi connectivity index (χ0v) is 7.59. The molecule has 0 aromatic heterocycles. The third-order valence-electron chi connectivity index (χ3n) is 2.16. The van der Waals surface area contributed by atoms with Gasteiger partial charge in [0.05, 0.1) is 17.6 Å². The second kappa shape index (κ2) is 4.35. The molecule has 0 amide bonds. The van der Waals surface area contributed by atoms with Crippen molar-refractivity contribution in [3.63, 3.8) is 0 Å². The molecule has 11 heavy (non-hydrogen) atoms. The molecule has 0 aliphatic rings. The molecule has 0 aromatic carbocycles. The molecule has 0 aromatic rings. The van der Waals surface area contributed by atoms with E-state index in [1.54, 1.807) is 13.8 Å². The molecule has 2 unspecified atom stereocenters. The maximum absolute atomic E-state index is 9.69. The van der Waals surface area contributed by atoms with Crippen molar-refractivity contribution >= 4 is 0 Å². The van der Waals surface area contributed by atoms with Gasteiger partial charge in [0.15, 0.2) is 0 Å². The molecule has 1 N–H and O–H groups in total. The highest BCUT2D eigenvalue weighted by Gasteiger charge is 2.26. The van der Waals surface area contributed by atoms with Crippen LogP contribution in [0.1, 0.15) is 40.0 Å². The van der Waals surface area contributed by atoms with E-state index in [-0.39, 0.29) is 5.92 Å². The summed E-state index contributed by atoms with van der Waals surface area (Å²) in [6.45, 7) is 5.57. The minimum absolute atomic E-state index is 0.269. The Balaban J connectivity index is 3.90. The lowest BCUT2D eigenvalue weighted by molar-refractivity contribution is 0.0168. The summed E-state index contributed by atoms with van der Waals surface area (Å²) >= 11 is 0. The predicted octanol–water partition coefficient (Wildman–Crippen LogP) is 2.09. The molecule has 2 heteroatoms. The highest BCUT2D eigenvalue weighted by atomic mass is 16.3. The third kappa shape index (κ3) is 3.38. The first-order valence-corrected chi connectivity index (χ1v) is 4.16. The van der Waals surface area contributed by atoms with Gasteiger partial charge in [-0.05, 0) is 20.3 Å². The van der Waals surface area contributed by atoms with Gasteiger partial charge in [-0.15, -0.1) is 0 Å². The van der Waals surface area contributed by atoms with Gasteiger partial charge in [0.1, 0.15) is 0 Å². The molecule has 2 atom stereocenters. The summed E-state index contributed by atoms with van der Waals surface area (Å²) in [6, 6.07) is 2.06. The van der Waals surface area contributed by atoms with Crippen LogP contribution in [0.2, 0.25) is 0 Å². The van der Waals surface area contributed by atoms with Crippen molar-refractivity contribution in [3.05, 3.63) is 0 Å². The lowest BCUT2D eigenvalue weighted by atomic mass is 9.87. The fourth-order valence-corrected chi connectivity index (χ4v) is 0.890. The van der Waals surface area contributed by atoms with Crippen LogP contribution in [0.4, 0.5) is 0 Å². The lowest BCUT2D eigenvalue weighted by Crippen LogP contribution is -2.31. The maximum atomic E-state index is 9.69. The fraction of sp³-hybridized carbons (Fsp3) is 0.889. The molecule has 0 saturated carbocycles. The second-order valence-corrected chi connectivity index (χ2v) is 3.31. The Bertz CT molecular complexity index is 146. The van der Waals surface area contributed by atoms with E-state index in [4.69, 9.17) is 5.26 Å². The van der Waals surface area contributed by atoms with Crippen LogP contribution >= 0.6 is 0 Å². The summed E-state index contributed by atoms with van der Waals surface area (Å²) in [5.74, 6) is -0.269. The van der Waals surface area contributed by atoms with Crippen LogP contribution in [0, 0.1) is 17.2 Å². The number of nitriles is 1. The Morgan fingerprint density at radius 3 is 2.55 bits per heavy atom. The van der Waals surface area contributed by atoms with Gasteiger partial charge < -0.3 is 5.11 Å². The summed E-state index contributed by atoms with van der Waals surface area (Å²) in [5.41, 5.74) is -0.801. The Hall–Kier alpha value is -0.550. The molecule has 0 rings (SSSR count). The summed E-state index contributed by atoms with van der Waals surface area (Å²) in [4.78, 5) is 0. The number of nitrogens with zero attached hydrogens (tertiary/aromatic N) is 1. The Morgan fingerprint density at radius 1 is 1.64 bits per heavy atom. The summed E-state index contributed by atoms with van der Waals surface area (Å²) in [7, 11) is 0. The quantitative estimate of drug-likeness (QED) is 0.675. The van der Waals surface area contributed by atoms with Crippen molar-refractivity contribution in [3.8, 4) is 6.07 Å². The monoisotopic (exact) mass is 155 g/mol. The van der Waals surface area contributed by atoms with Gasteiger partial charge in [-0.25, -0.2) is 0 Å². The highest BCUT2D eigenvalue weighted by molar-refractivity contribution is 4.92. The number of hydrogen-bond donors (Lipinski definition) is 1. The molecule has 0 spiro atoms. The first-order valence-electron chi connectivity index (χ1n) is 4.16. The van der Waals surface area contributed by atoms with E-state index >= 15 is 0 Å². The van der Waals surface area contributed by atoms with E-state index in [1.807, 2.05) is 0 Å². The van der Waals surface area contributed by atoms with Crippen molar-refractivity contribution in [1.29, 1.82) is 5.26 Å². The number of rotatable bonds is 4. The van der Waals surface area contributed by atoms with E-state index in [9.17, 15) is 5.11 Å². The van der Waals surface area contributed by atoms with Gasteiger partial charge in [-0.1, -0.05) is 19.8 Å². The van der Waals surface area contributed by atoms with Gasteiger partial charge in [0.2, 0.25) is 0 Å². The average Bonchev–Trinajstić information content (AvgIpc) is 1.99. The highest BCUT2D eigenvalue weighted by Crippen LogP contribution is 2.22. The smallest absolute Gasteiger partial charge is 0.0774 e. The van der Waals surface area contributed by atoms with Crippen molar-refractivity contribution in [2.45, 2.75) is 45.6 Å². The zero-order valence-electron chi connectivity index (χ0n) is 7.59. The molecule has 0 fully saturated rings. The molecular formula is C9H17NO. The minimum Gasteiger partial charge on any atom is -0.389 e. The Morgan fingerprint density at radius 2 is 2.18 bits per heavy atom. The fourth-order valence-electron chi connectivity index (χ4n) is 0.890. The van der Waals surface area contributed by atoms with Crippen LogP contribution in [-0.2, 0) is 0 Å². The van der Waals surface area contributed by atoms with E-state index in [1.165, 1.54) is 0 Å². The normalized spacial score (nSPS) is 18.5. The van der Waals surface area contributed by atoms with Gasteiger partial charge in [0, 0.05) is 0 Å². The molecule has 2 nitrogen and oxygen atoms in total. The molecule has 64 valence electrons. The van der Waals surface area contributed by atoms with Gasteiger partial charge in [-0.3, -0.25) is 0 Å². The molecule has 0 aliphatic heterocycles. The van der Waals surface area contributed by atoms with Crippen LogP contribution < -0.4 is 0 Å². The Kier molecular flexibility index (Phi) is 4.14. The summed E-state index contributed by atoms with van der Waals surface area (Å²) in [5, 5.41) is 18.3. The molecule has 0 bridgehead atoms. The minimum atomic E-state index is -0.801. The number of hydrogen-bond acceptors (Lipinski definition) is 2. The average molecular weight is 155 g/mol. The second-order valence-electron chi connectivity index (χ2n) is 3.31. The van der Waals surface area contributed by atoms with Crippen molar-refractivity contribution in [2.24, 2.45) is 5.92 Å². The largest absolute Gasteiger partial charge is 0.389 e. The first kappa shape index (κ1) is 10.4. The molecule has 0 heterocycles. The summed E-state index contributed by atoms with van der Waals surface area (Å²) in [6.07, 6.45) is 2.77. The van der Waals surface area contributed by atoms with Crippen LogP contribution in [0.3, 0.4) is 0 Å². The van der Waals surface area contributed by atoms with Crippen LogP contribution in [-0.4, -0.2) is 10.7 Å². The number of aliphatic hydroxyl groups is 1. The molecular weight excluding hydrogens is 138 g/mol. The van der Waals surface area contributed by atoms with Crippen molar-refractivity contribution in [2.75, 3.05) is 0 Å². The maximum Gasteiger partial charge on any atom is 0.0774 e. The van der Waals surface area contributed by atoms with Crippen molar-refractivity contribution in [1.82, 2.24) is 0 Å². The van der Waals surface area contributed by atoms with E-state index < -0.39 is 5.60 Å². The SMILES string of the molecule is CCCCC(C)(O)C(C)C#N. The lowest BCUT2D eigenvalue weighted by Gasteiger charge is -2.25. The topological polar surface area (TPSA) is 44.0 Å². The van der Waals surface area contributed by atoms with Gasteiger partial charge in [0.25, 0.3) is 0 Å². The predicted molar refractivity (Wildman–Crippen MR) is 44.9 cm³/mol. The zero-order chi connectivity index (χ0) is 8.91. The van der Waals surface area contributed by atoms with Crippen LogP contribution in [0.5, 0.6) is 0 Å². The van der Waals surface area contributed by atoms with Crippen LogP contribution in [0.15, 0.2) is 0 Å². The molecule has 0 aliphatic carbocycles. The van der Waals surface area contributed by atoms with Crippen LogP contribution in [0.25, 0.3) is 0 Å². The molecule has 0 radical (unpaired) electrons. The van der Waals surface area contributed by atoms with Gasteiger partial charge >= 0.3 is 0 Å². The standard InChI is InChI=1S/C9H17NO/c1-4-5-6-9(3,11)8(2)7-10/h8,11H,4-6H2,1-3H3.